The number of hydrogen-bond donors (Lipinski definition) is 1. The van der Waals surface area contributed by atoms with Gasteiger partial charge in [0.15, 0.2) is 5.78 Å². The van der Waals surface area contributed by atoms with Crippen LogP contribution in [0.4, 0.5) is 4.39 Å². The smallest absolute Gasteiger partial charge is 0.166 e. The molecule has 0 aromatic heterocycles. The Morgan fingerprint density at radius 2 is 1.86 bits per heavy atom. The molecule has 4 heteroatoms. The maximum absolute atomic E-state index is 12.9. The van der Waals surface area contributed by atoms with E-state index in [0.717, 1.165) is 50.9 Å². The lowest BCUT2D eigenvalue weighted by Gasteiger charge is -2.31. The summed E-state index contributed by atoms with van der Waals surface area (Å²) in [6.07, 6.45) is 3.09. The highest BCUT2D eigenvalue weighted by Gasteiger charge is 2.37. The van der Waals surface area contributed by atoms with Crippen molar-refractivity contribution >= 4 is 5.78 Å². The zero-order chi connectivity index (χ0) is 14.8. The summed E-state index contributed by atoms with van der Waals surface area (Å²) in [6, 6.07) is 5.92. The van der Waals surface area contributed by atoms with Crippen molar-refractivity contribution < 1.29 is 9.18 Å². The molecule has 0 radical (unpaired) electrons. The van der Waals surface area contributed by atoms with Gasteiger partial charge >= 0.3 is 0 Å². The summed E-state index contributed by atoms with van der Waals surface area (Å²) in [5, 5.41) is 0. The van der Waals surface area contributed by atoms with E-state index < -0.39 is 0 Å². The molecule has 1 heterocycles. The minimum Gasteiger partial charge on any atom is -0.330 e. The predicted molar refractivity (Wildman–Crippen MR) is 80.5 cm³/mol. The van der Waals surface area contributed by atoms with Crippen LogP contribution in [0.2, 0.25) is 0 Å². The Morgan fingerprint density at radius 1 is 1.19 bits per heavy atom. The molecule has 0 bridgehead atoms. The third kappa shape index (κ3) is 3.50. The minimum absolute atomic E-state index is 0.0937. The summed E-state index contributed by atoms with van der Waals surface area (Å²) < 4.78 is 12.9. The van der Waals surface area contributed by atoms with Crippen molar-refractivity contribution in [3.63, 3.8) is 0 Å². The number of rotatable bonds is 5. The highest BCUT2D eigenvalue weighted by molar-refractivity contribution is 5.97. The van der Waals surface area contributed by atoms with Crippen molar-refractivity contribution in [3.8, 4) is 0 Å². The molecule has 1 aliphatic carbocycles. The fourth-order valence-electron chi connectivity index (χ4n) is 3.38. The van der Waals surface area contributed by atoms with Crippen LogP contribution in [0.3, 0.4) is 0 Å². The highest BCUT2D eigenvalue weighted by atomic mass is 19.1. The second kappa shape index (κ2) is 6.24. The van der Waals surface area contributed by atoms with E-state index in [1.54, 1.807) is 12.1 Å². The Labute approximate surface area is 125 Å². The number of carbonyl (C=O) groups excluding carboxylic acids is 1. The van der Waals surface area contributed by atoms with E-state index in [1.165, 1.54) is 18.6 Å². The molecule has 1 aromatic rings. The molecular formula is C17H23FN2O. The van der Waals surface area contributed by atoms with Crippen molar-refractivity contribution in [1.29, 1.82) is 0 Å². The van der Waals surface area contributed by atoms with Crippen LogP contribution in [-0.4, -0.2) is 36.9 Å². The van der Waals surface area contributed by atoms with Crippen molar-refractivity contribution in [2.75, 3.05) is 26.2 Å². The van der Waals surface area contributed by atoms with E-state index in [0.29, 0.717) is 5.56 Å². The second-order valence-corrected chi connectivity index (χ2v) is 6.44. The first kappa shape index (κ1) is 14.7. The Balaban J connectivity index is 1.49. The first-order valence-electron chi connectivity index (χ1n) is 7.89. The predicted octanol–water partition coefficient (Wildman–Crippen LogP) is 2.32. The molecule has 2 N–H and O–H groups in total. The molecule has 0 unspecified atom stereocenters. The number of benzene rings is 1. The van der Waals surface area contributed by atoms with Crippen LogP contribution in [0.15, 0.2) is 24.3 Å². The van der Waals surface area contributed by atoms with E-state index in [2.05, 4.69) is 4.90 Å². The Morgan fingerprint density at radius 3 is 2.43 bits per heavy atom. The molecule has 0 spiro atoms. The first-order valence-corrected chi connectivity index (χ1v) is 7.89. The lowest BCUT2D eigenvalue weighted by atomic mass is 9.89. The van der Waals surface area contributed by atoms with Crippen LogP contribution in [0, 0.1) is 23.6 Å². The van der Waals surface area contributed by atoms with Gasteiger partial charge in [0.05, 0.1) is 0 Å². The maximum Gasteiger partial charge on any atom is 0.166 e. The van der Waals surface area contributed by atoms with Gasteiger partial charge in [0, 0.05) is 18.0 Å². The summed E-state index contributed by atoms with van der Waals surface area (Å²) in [5.74, 6) is 1.47. The minimum atomic E-state index is -0.291. The van der Waals surface area contributed by atoms with Gasteiger partial charge in [-0.1, -0.05) is 0 Å². The quantitative estimate of drug-likeness (QED) is 0.847. The standard InChI is InChI=1S/C17H23FN2O/c18-16-3-1-12(2-4-16)17(21)13-5-7-20(8-6-13)11-15-9-14(15)10-19/h1-4,13-15H,5-11,19H2/t14-,15-/m0/s1. The summed E-state index contributed by atoms with van der Waals surface area (Å²) in [6.45, 7) is 3.93. The molecule has 3 rings (SSSR count). The van der Waals surface area contributed by atoms with Gasteiger partial charge in [0.1, 0.15) is 5.82 Å². The number of carbonyl (C=O) groups is 1. The molecule has 0 amide bonds. The maximum atomic E-state index is 12.9. The van der Waals surface area contributed by atoms with Crippen molar-refractivity contribution in [1.82, 2.24) is 4.90 Å². The number of hydrogen-bond acceptors (Lipinski definition) is 3. The Kier molecular flexibility index (Phi) is 4.36. The van der Waals surface area contributed by atoms with Crippen LogP contribution >= 0.6 is 0 Å². The van der Waals surface area contributed by atoms with Crippen LogP contribution in [0.1, 0.15) is 29.6 Å². The number of halogens is 1. The average molecular weight is 290 g/mol. The highest BCUT2D eigenvalue weighted by Crippen LogP contribution is 2.38. The SMILES string of the molecule is NC[C@@H]1C[C@H]1CN1CCC(C(=O)c2ccc(F)cc2)CC1. The number of piperidine rings is 1. The summed E-state index contributed by atoms with van der Waals surface area (Å²) in [7, 11) is 0. The Hall–Kier alpha value is -1.26. The molecule has 1 aromatic carbocycles. The fourth-order valence-corrected chi connectivity index (χ4v) is 3.38. The monoisotopic (exact) mass is 290 g/mol. The molecule has 1 saturated carbocycles. The lowest BCUT2D eigenvalue weighted by molar-refractivity contribution is 0.0835. The molecule has 1 saturated heterocycles. The molecular weight excluding hydrogens is 267 g/mol. The van der Waals surface area contributed by atoms with Gasteiger partial charge in [-0.25, -0.2) is 4.39 Å². The largest absolute Gasteiger partial charge is 0.330 e. The van der Waals surface area contributed by atoms with Crippen molar-refractivity contribution in [2.45, 2.75) is 19.3 Å². The number of likely N-dealkylation sites (tertiary alicyclic amines) is 1. The van der Waals surface area contributed by atoms with Gasteiger partial charge in [-0.3, -0.25) is 4.79 Å². The topological polar surface area (TPSA) is 46.3 Å². The Bertz CT molecular complexity index is 494. The molecule has 2 fully saturated rings. The average Bonchev–Trinajstić information content (AvgIpc) is 3.26. The van der Waals surface area contributed by atoms with Crippen molar-refractivity contribution in [3.05, 3.63) is 35.6 Å². The zero-order valence-electron chi connectivity index (χ0n) is 12.3. The summed E-state index contributed by atoms with van der Waals surface area (Å²) >= 11 is 0. The van der Waals surface area contributed by atoms with Gasteiger partial charge < -0.3 is 10.6 Å². The first-order chi connectivity index (χ1) is 10.2. The van der Waals surface area contributed by atoms with Crippen LogP contribution < -0.4 is 5.73 Å². The van der Waals surface area contributed by atoms with E-state index in [9.17, 15) is 9.18 Å². The second-order valence-electron chi connectivity index (χ2n) is 6.44. The lowest BCUT2D eigenvalue weighted by Crippen LogP contribution is -2.37. The van der Waals surface area contributed by atoms with Gasteiger partial charge in [0.25, 0.3) is 0 Å². The zero-order valence-corrected chi connectivity index (χ0v) is 12.3. The van der Waals surface area contributed by atoms with E-state index >= 15 is 0 Å². The normalized spacial score (nSPS) is 26.8. The van der Waals surface area contributed by atoms with E-state index in [1.807, 2.05) is 0 Å². The molecule has 3 nitrogen and oxygen atoms in total. The number of ketones is 1. The number of Topliss-reactive ketones (excluding diaryl/α,β-unsaturated/α-hetero) is 1. The van der Waals surface area contributed by atoms with Crippen LogP contribution in [-0.2, 0) is 0 Å². The molecule has 2 atom stereocenters. The molecule has 114 valence electrons. The van der Waals surface area contributed by atoms with Crippen LogP contribution in [0.5, 0.6) is 0 Å². The van der Waals surface area contributed by atoms with Gasteiger partial charge in [-0.15, -0.1) is 0 Å². The summed E-state index contributed by atoms with van der Waals surface area (Å²) in [4.78, 5) is 14.9. The molecule has 2 aliphatic rings. The van der Waals surface area contributed by atoms with E-state index in [-0.39, 0.29) is 17.5 Å². The summed E-state index contributed by atoms with van der Waals surface area (Å²) in [5.41, 5.74) is 6.32. The van der Waals surface area contributed by atoms with Crippen molar-refractivity contribution in [2.24, 2.45) is 23.5 Å². The number of nitrogens with zero attached hydrogens (tertiary/aromatic N) is 1. The molecule has 1 aliphatic heterocycles. The third-order valence-corrected chi connectivity index (χ3v) is 4.95. The number of nitrogens with two attached hydrogens (primary N) is 1. The van der Waals surface area contributed by atoms with Gasteiger partial charge in [0.2, 0.25) is 0 Å². The van der Waals surface area contributed by atoms with Crippen LogP contribution in [0.25, 0.3) is 0 Å². The third-order valence-electron chi connectivity index (χ3n) is 4.95. The molecule has 21 heavy (non-hydrogen) atoms. The van der Waals surface area contributed by atoms with Gasteiger partial charge in [-0.05, 0) is 75.0 Å². The van der Waals surface area contributed by atoms with E-state index in [4.69, 9.17) is 5.73 Å². The fraction of sp³-hybridized carbons (Fsp3) is 0.588. The van der Waals surface area contributed by atoms with Gasteiger partial charge in [-0.2, -0.15) is 0 Å².